The van der Waals surface area contributed by atoms with Crippen molar-refractivity contribution in [1.82, 2.24) is 5.32 Å². The summed E-state index contributed by atoms with van der Waals surface area (Å²) < 4.78 is 5.30. The van der Waals surface area contributed by atoms with E-state index in [-0.39, 0.29) is 24.5 Å². The normalized spacial score (nSPS) is 21.5. The molecule has 1 aliphatic carbocycles. The molecule has 1 aromatic carbocycles. The zero-order valence-corrected chi connectivity index (χ0v) is 10.5. The average molecular weight is 263 g/mol. The summed E-state index contributed by atoms with van der Waals surface area (Å²) in [5.41, 5.74) is 1.02. The third-order valence-electron chi connectivity index (χ3n) is 3.20. The number of carbonyl (C=O) groups is 2. The number of carbonyl (C=O) groups excluding carboxylic acids is 1. The van der Waals surface area contributed by atoms with Crippen molar-refractivity contribution >= 4 is 11.9 Å². The maximum atomic E-state index is 11.5. The maximum Gasteiger partial charge on any atom is 0.306 e. The summed E-state index contributed by atoms with van der Waals surface area (Å²) >= 11 is 0. The molecule has 0 spiro atoms. The number of hydrogen-bond donors (Lipinski definition) is 2. The quantitative estimate of drug-likeness (QED) is 0.808. The molecule has 19 heavy (non-hydrogen) atoms. The Morgan fingerprint density at radius 1 is 1.26 bits per heavy atom. The highest BCUT2D eigenvalue weighted by molar-refractivity contribution is 5.78. The van der Waals surface area contributed by atoms with Gasteiger partial charge >= 0.3 is 5.97 Å². The Balaban J connectivity index is 1.60. The summed E-state index contributed by atoms with van der Waals surface area (Å²) in [6.45, 7) is 0.403. The van der Waals surface area contributed by atoms with Gasteiger partial charge in [0.1, 0.15) is 6.61 Å². The summed E-state index contributed by atoms with van der Waals surface area (Å²) in [7, 11) is 0. The van der Waals surface area contributed by atoms with E-state index in [0.717, 1.165) is 5.56 Å². The second-order valence-electron chi connectivity index (χ2n) is 4.75. The summed E-state index contributed by atoms with van der Waals surface area (Å²) in [5, 5.41) is 11.5. The van der Waals surface area contributed by atoms with Crippen LogP contribution in [0.2, 0.25) is 0 Å². The molecule has 0 aromatic heterocycles. The lowest BCUT2D eigenvalue weighted by atomic mass is 9.80. The lowest BCUT2D eigenvalue weighted by Crippen LogP contribution is -2.47. The molecule has 0 radical (unpaired) electrons. The van der Waals surface area contributed by atoms with Gasteiger partial charge in [0.2, 0.25) is 5.91 Å². The number of rotatable bonds is 6. The third kappa shape index (κ3) is 4.06. The van der Waals surface area contributed by atoms with Crippen LogP contribution in [0.3, 0.4) is 0 Å². The molecule has 0 bridgehead atoms. The zero-order valence-electron chi connectivity index (χ0n) is 10.5. The van der Waals surface area contributed by atoms with Crippen molar-refractivity contribution in [2.75, 3.05) is 6.61 Å². The van der Waals surface area contributed by atoms with Crippen LogP contribution < -0.4 is 5.32 Å². The number of nitrogens with one attached hydrogen (secondary N) is 1. The van der Waals surface area contributed by atoms with E-state index in [1.807, 2.05) is 30.3 Å². The van der Waals surface area contributed by atoms with Crippen LogP contribution in [-0.2, 0) is 20.9 Å². The van der Waals surface area contributed by atoms with Crippen LogP contribution in [0, 0.1) is 5.92 Å². The van der Waals surface area contributed by atoms with Crippen molar-refractivity contribution in [2.45, 2.75) is 25.5 Å². The van der Waals surface area contributed by atoms with Gasteiger partial charge in [-0.1, -0.05) is 30.3 Å². The minimum absolute atomic E-state index is 0.00311. The number of carboxylic acids is 1. The first-order valence-electron chi connectivity index (χ1n) is 6.29. The Hall–Kier alpha value is -1.88. The van der Waals surface area contributed by atoms with E-state index in [2.05, 4.69) is 5.32 Å². The topological polar surface area (TPSA) is 75.6 Å². The van der Waals surface area contributed by atoms with Crippen molar-refractivity contribution in [3.8, 4) is 0 Å². The van der Waals surface area contributed by atoms with Gasteiger partial charge in [0.05, 0.1) is 12.5 Å². The zero-order chi connectivity index (χ0) is 13.7. The van der Waals surface area contributed by atoms with Gasteiger partial charge in [-0.05, 0) is 18.4 Å². The van der Waals surface area contributed by atoms with Crippen molar-refractivity contribution < 1.29 is 19.4 Å². The minimum Gasteiger partial charge on any atom is -0.481 e. The highest BCUT2D eigenvalue weighted by Crippen LogP contribution is 2.27. The molecule has 1 fully saturated rings. The number of aliphatic carboxylic acids is 1. The van der Waals surface area contributed by atoms with Crippen LogP contribution >= 0.6 is 0 Å². The third-order valence-corrected chi connectivity index (χ3v) is 3.20. The van der Waals surface area contributed by atoms with Crippen molar-refractivity contribution in [3.05, 3.63) is 35.9 Å². The number of amides is 1. The average Bonchev–Trinajstić information content (AvgIpc) is 2.34. The van der Waals surface area contributed by atoms with E-state index in [1.54, 1.807) is 0 Å². The highest BCUT2D eigenvalue weighted by Gasteiger charge is 2.35. The van der Waals surface area contributed by atoms with Crippen LogP contribution in [0.15, 0.2) is 30.3 Å². The molecule has 1 saturated carbocycles. The molecule has 0 unspecified atom stereocenters. The molecule has 5 heteroatoms. The Kier molecular flexibility index (Phi) is 4.52. The van der Waals surface area contributed by atoms with Crippen molar-refractivity contribution in [1.29, 1.82) is 0 Å². The fraction of sp³-hybridized carbons (Fsp3) is 0.429. The fourth-order valence-electron chi connectivity index (χ4n) is 2.04. The molecule has 2 N–H and O–H groups in total. The summed E-state index contributed by atoms with van der Waals surface area (Å²) in [4.78, 5) is 22.1. The van der Waals surface area contributed by atoms with E-state index in [4.69, 9.17) is 9.84 Å². The molecule has 5 nitrogen and oxygen atoms in total. The monoisotopic (exact) mass is 263 g/mol. The van der Waals surface area contributed by atoms with E-state index in [1.165, 1.54) is 0 Å². The van der Waals surface area contributed by atoms with Gasteiger partial charge in [-0.2, -0.15) is 0 Å². The SMILES string of the molecule is O=C(COCc1ccccc1)NC1CC(C(=O)O)C1. The van der Waals surface area contributed by atoms with Crippen LogP contribution in [0.5, 0.6) is 0 Å². The lowest BCUT2D eigenvalue weighted by molar-refractivity contribution is -0.146. The van der Waals surface area contributed by atoms with Crippen molar-refractivity contribution in [3.63, 3.8) is 0 Å². The molecular weight excluding hydrogens is 246 g/mol. The summed E-state index contributed by atoms with van der Waals surface area (Å²) in [6.07, 6.45) is 1.03. The second-order valence-corrected chi connectivity index (χ2v) is 4.75. The van der Waals surface area contributed by atoms with Gasteiger partial charge in [-0.3, -0.25) is 9.59 Å². The molecular formula is C14H17NO4. The Bertz CT molecular complexity index is 440. The van der Waals surface area contributed by atoms with Gasteiger partial charge in [0.25, 0.3) is 0 Å². The first-order valence-corrected chi connectivity index (χ1v) is 6.29. The lowest BCUT2D eigenvalue weighted by Gasteiger charge is -2.32. The first-order chi connectivity index (χ1) is 9.15. The van der Waals surface area contributed by atoms with Gasteiger partial charge in [-0.15, -0.1) is 0 Å². The predicted molar refractivity (Wildman–Crippen MR) is 68.4 cm³/mol. The molecule has 1 aliphatic rings. The minimum atomic E-state index is -0.786. The number of ether oxygens (including phenoxy) is 1. The second kappa shape index (κ2) is 6.33. The fourth-order valence-corrected chi connectivity index (χ4v) is 2.04. The first kappa shape index (κ1) is 13.5. The molecule has 1 amide bonds. The highest BCUT2D eigenvalue weighted by atomic mass is 16.5. The van der Waals surface area contributed by atoms with Crippen molar-refractivity contribution in [2.24, 2.45) is 5.92 Å². The van der Waals surface area contributed by atoms with E-state index >= 15 is 0 Å². The smallest absolute Gasteiger partial charge is 0.306 e. The molecule has 0 saturated heterocycles. The molecule has 0 aliphatic heterocycles. The Morgan fingerprint density at radius 2 is 1.95 bits per heavy atom. The van der Waals surface area contributed by atoms with Gasteiger partial charge < -0.3 is 15.2 Å². The standard InChI is InChI=1S/C14H17NO4/c16-13(15-12-6-11(7-12)14(17)18)9-19-8-10-4-2-1-3-5-10/h1-5,11-12H,6-9H2,(H,15,16)(H,17,18). The number of carboxylic acid groups (broad SMARTS) is 1. The number of benzene rings is 1. The van der Waals surface area contributed by atoms with E-state index < -0.39 is 5.97 Å². The Labute approximate surface area is 111 Å². The maximum absolute atomic E-state index is 11.5. The summed E-state index contributed by atoms with van der Waals surface area (Å²) in [6, 6.07) is 9.60. The van der Waals surface area contributed by atoms with Crippen LogP contribution in [0.4, 0.5) is 0 Å². The van der Waals surface area contributed by atoms with Gasteiger partial charge in [0, 0.05) is 6.04 Å². The molecule has 2 rings (SSSR count). The van der Waals surface area contributed by atoms with Crippen LogP contribution in [0.25, 0.3) is 0 Å². The Morgan fingerprint density at radius 3 is 2.58 bits per heavy atom. The predicted octanol–water partition coefficient (Wildman–Crippen LogP) is 1.18. The molecule has 1 aromatic rings. The largest absolute Gasteiger partial charge is 0.481 e. The molecule has 0 atom stereocenters. The number of hydrogen-bond acceptors (Lipinski definition) is 3. The molecule has 0 heterocycles. The summed E-state index contributed by atoms with van der Waals surface area (Å²) in [5.74, 6) is -1.29. The van der Waals surface area contributed by atoms with Crippen LogP contribution in [-0.4, -0.2) is 29.6 Å². The molecule has 102 valence electrons. The van der Waals surface area contributed by atoms with E-state index in [9.17, 15) is 9.59 Å². The van der Waals surface area contributed by atoms with Crippen LogP contribution in [0.1, 0.15) is 18.4 Å². The van der Waals surface area contributed by atoms with Gasteiger partial charge in [0.15, 0.2) is 0 Å². The van der Waals surface area contributed by atoms with Gasteiger partial charge in [-0.25, -0.2) is 0 Å². The van der Waals surface area contributed by atoms with E-state index in [0.29, 0.717) is 19.4 Å².